The molecule has 0 spiro atoms. The average Bonchev–Trinajstić information content (AvgIpc) is 2.50. The summed E-state index contributed by atoms with van der Waals surface area (Å²) in [6.07, 6.45) is 4.89. The van der Waals surface area contributed by atoms with E-state index in [2.05, 4.69) is 11.0 Å². The van der Waals surface area contributed by atoms with Gasteiger partial charge in [0.25, 0.3) is 0 Å². The van der Waals surface area contributed by atoms with E-state index in [1.807, 2.05) is 6.07 Å². The van der Waals surface area contributed by atoms with Crippen LogP contribution in [0.2, 0.25) is 5.02 Å². The molecule has 1 aromatic rings. The third-order valence-electron chi connectivity index (χ3n) is 4.29. The first-order valence-corrected chi connectivity index (χ1v) is 8.18. The topological polar surface area (TPSA) is 47.7 Å². The van der Waals surface area contributed by atoms with Crippen LogP contribution in [0.3, 0.4) is 0 Å². The fourth-order valence-corrected chi connectivity index (χ4v) is 3.57. The highest BCUT2D eigenvalue weighted by molar-refractivity contribution is 6.32. The van der Waals surface area contributed by atoms with Crippen molar-refractivity contribution in [3.05, 3.63) is 22.7 Å². The van der Waals surface area contributed by atoms with Crippen LogP contribution in [0.5, 0.6) is 11.5 Å². The standard InChI is InChI=1S/C16H23ClN2O2.ClH/c17-14-9-12(10-15-16(14)21-8-7-20-15)11-19-6-2-1-3-13(19)4-5-18;/h9-10,13H,1-8,11,18H2;1H. The Bertz CT molecular complexity index is 497. The molecule has 22 heavy (non-hydrogen) atoms. The summed E-state index contributed by atoms with van der Waals surface area (Å²) >= 11 is 6.32. The van der Waals surface area contributed by atoms with Gasteiger partial charge in [-0.1, -0.05) is 18.0 Å². The number of nitrogens with two attached hydrogens (primary N) is 1. The third-order valence-corrected chi connectivity index (χ3v) is 4.57. The molecule has 1 unspecified atom stereocenters. The minimum Gasteiger partial charge on any atom is -0.486 e. The SMILES string of the molecule is Cl.NCCC1CCCCN1Cc1cc(Cl)c2c(c1)OCCO2. The Balaban J connectivity index is 0.00000176. The monoisotopic (exact) mass is 346 g/mol. The largest absolute Gasteiger partial charge is 0.486 e. The minimum absolute atomic E-state index is 0. The molecule has 2 aliphatic heterocycles. The number of rotatable bonds is 4. The zero-order valence-corrected chi connectivity index (χ0v) is 14.3. The Morgan fingerprint density at radius 1 is 1.23 bits per heavy atom. The second-order valence-electron chi connectivity index (χ2n) is 5.80. The van der Waals surface area contributed by atoms with Crippen LogP contribution in [0.15, 0.2) is 12.1 Å². The molecule has 0 aliphatic carbocycles. The molecule has 2 aliphatic rings. The number of likely N-dealkylation sites (tertiary alicyclic amines) is 1. The lowest BCUT2D eigenvalue weighted by molar-refractivity contribution is 0.133. The zero-order valence-electron chi connectivity index (χ0n) is 12.7. The second-order valence-corrected chi connectivity index (χ2v) is 6.21. The summed E-state index contributed by atoms with van der Waals surface area (Å²) in [6, 6.07) is 4.66. The average molecular weight is 347 g/mol. The van der Waals surface area contributed by atoms with Gasteiger partial charge in [-0.3, -0.25) is 4.90 Å². The van der Waals surface area contributed by atoms with E-state index in [-0.39, 0.29) is 12.4 Å². The first-order valence-electron chi connectivity index (χ1n) is 7.80. The molecule has 2 heterocycles. The number of nitrogens with zero attached hydrogens (tertiary/aromatic N) is 1. The molecule has 1 fully saturated rings. The highest BCUT2D eigenvalue weighted by Gasteiger charge is 2.23. The van der Waals surface area contributed by atoms with Gasteiger partial charge in [-0.25, -0.2) is 0 Å². The van der Waals surface area contributed by atoms with E-state index in [1.165, 1.54) is 24.8 Å². The molecule has 0 radical (unpaired) electrons. The van der Waals surface area contributed by atoms with Crippen molar-refractivity contribution in [2.75, 3.05) is 26.3 Å². The number of hydrogen-bond acceptors (Lipinski definition) is 4. The van der Waals surface area contributed by atoms with E-state index in [0.29, 0.717) is 30.0 Å². The van der Waals surface area contributed by atoms with Gasteiger partial charge in [0.1, 0.15) is 13.2 Å². The molecule has 1 aromatic carbocycles. The van der Waals surface area contributed by atoms with E-state index in [4.69, 9.17) is 26.8 Å². The molecule has 0 bridgehead atoms. The Kier molecular flexibility index (Phi) is 6.63. The van der Waals surface area contributed by atoms with Crippen molar-refractivity contribution in [2.45, 2.75) is 38.3 Å². The highest BCUT2D eigenvalue weighted by Crippen LogP contribution is 2.39. The van der Waals surface area contributed by atoms with Gasteiger partial charge in [-0.15, -0.1) is 12.4 Å². The summed E-state index contributed by atoms with van der Waals surface area (Å²) in [5, 5.41) is 0.648. The van der Waals surface area contributed by atoms with Crippen LogP contribution in [-0.4, -0.2) is 37.2 Å². The predicted octanol–water partition coefficient (Wildman–Crippen LogP) is 3.24. The van der Waals surface area contributed by atoms with Crippen LogP contribution in [0.4, 0.5) is 0 Å². The molecule has 0 saturated carbocycles. The molecule has 6 heteroatoms. The second kappa shape index (κ2) is 8.25. The summed E-state index contributed by atoms with van der Waals surface area (Å²) in [4.78, 5) is 2.53. The van der Waals surface area contributed by atoms with Crippen LogP contribution >= 0.6 is 24.0 Å². The van der Waals surface area contributed by atoms with Gasteiger partial charge in [0, 0.05) is 12.6 Å². The Morgan fingerprint density at radius 3 is 2.86 bits per heavy atom. The Labute approximate surface area is 143 Å². The van der Waals surface area contributed by atoms with Crippen molar-refractivity contribution in [3.63, 3.8) is 0 Å². The smallest absolute Gasteiger partial charge is 0.179 e. The fraction of sp³-hybridized carbons (Fsp3) is 0.625. The Hall–Kier alpha value is -0.680. The lowest BCUT2D eigenvalue weighted by Gasteiger charge is -2.36. The minimum atomic E-state index is 0. The summed E-state index contributed by atoms with van der Waals surface area (Å²) in [5.41, 5.74) is 6.93. The molecule has 2 N–H and O–H groups in total. The molecule has 1 saturated heterocycles. The third kappa shape index (κ3) is 3.99. The molecule has 4 nitrogen and oxygen atoms in total. The van der Waals surface area contributed by atoms with Crippen molar-refractivity contribution in [1.82, 2.24) is 4.90 Å². The maximum absolute atomic E-state index is 6.32. The summed E-state index contributed by atoms with van der Waals surface area (Å²) in [7, 11) is 0. The molecule has 1 atom stereocenters. The van der Waals surface area contributed by atoms with Crippen molar-refractivity contribution < 1.29 is 9.47 Å². The first-order chi connectivity index (χ1) is 10.3. The van der Waals surface area contributed by atoms with Gasteiger partial charge in [-0.05, 0) is 50.0 Å². The molecule has 3 rings (SSSR count). The maximum Gasteiger partial charge on any atom is 0.179 e. The van der Waals surface area contributed by atoms with Gasteiger partial charge in [0.15, 0.2) is 11.5 Å². The number of halogens is 2. The van der Waals surface area contributed by atoms with Crippen LogP contribution in [-0.2, 0) is 6.54 Å². The zero-order chi connectivity index (χ0) is 14.7. The lowest BCUT2D eigenvalue weighted by Crippen LogP contribution is -2.40. The van der Waals surface area contributed by atoms with Gasteiger partial charge in [-0.2, -0.15) is 0 Å². The maximum atomic E-state index is 6.32. The fourth-order valence-electron chi connectivity index (χ4n) is 3.28. The highest BCUT2D eigenvalue weighted by atomic mass is 35.5. The predicted molar refractivity (Wildman–Crippen MR) is 91.4 cm³/mol. The molecule has 124 valence electrons. The van der Waals surface area contributed by atoms with Gasteiger partial charge in [0.05, 0.1) is 5.02 Å². The quantitative estimate of drug-likeness (QED) is 0.908. The van der Waals surface area contributed by atoms with E-state index < -0.39 is 0 Å². The Morgan fingerprint density at radius 2 is 2.05 bits per heavy atom. The first kappa shape index (κ1) is 17.7. The number of fused-ring (bicyclic) bond motifs is 1. The van der Waals surface area contributed by atoms with Crippen LogP contribution in [0.25, 0.3) is 0 Å². The molecular weight excluding hydrogens is 323 g/mol. The number of piperidine rings is 1. The van der Waals surface area contributed by atoms with E-state index in [0.717, 1.165) is 31.8 Å². The van der Waals surface area contributed by atoms with E-state index in [9.17, 15) is 0 Å². The molecular formula is C16H24Cl2N2O2. The van der Waals surface area contributed by atoms with E-state index in [1.54, 1.807) is 0 Å². The van der Waals surface area contributed by atoms with Crippen LogP contribution in [0, 0.1) is 0 Å². The van der Waals surface area contributed by atoms with Crippen LogP contribution < -0.4 is 15.2 Å². The summed E-state index contributed by atoms with van der Waals surface area (Å²) in [6.45, 7) is 3.95. The number of ether oxygens (including phenoxy) is 2. The van der Waals surface area contributed by atoms with Crippen molar-refractivity contribution in [1.29, 1.82) is 0 Å². The van der Waals surface area contributed by atoms with Crippen LogP contribution in [0.1, 0.15) is 31.2 Å². The normalized spacial score (nSPS) is 21.3. The van der Waals surface area contributed by atoms with E-state index >= 15 is 0 Å². The summed E-state index contributed by atoms with van der Waals surface area (Å²) < 4.78 is 11.2. The van der Waals surface area contributed by atoms with Gasteiger partial charge in [0.2, 0.25) is 0 Å². The number of benzene rings is 1. The summed E-state index contributed by atoms with van der Waals surface area (Å²) in [5.74, 6) is 1.46. The van der Waals surface area contributed by atoms with Crippen molar-refractivity contribution in [2.24, 2.45) is 5.73 Å². The molecule has 0 aromatic heterocycles. The lowest BCUT2D eigenvalue weighted by atomic mass is 9.98. The number of hydrogen-bond donors (Lipinski definition) is 1. The molecule has 0 amide bonds. The van der Waals surface area contributed by atoms with Gasteiger partial charge < -0.3 is 15.2 Å². The van der Waals surface area contributed by atoms with Crippen molar-refractivity contribution in [3.8, 4) is 11.5 Å². The van der Waals surface area contributed by atoms with Crippen molar-refractivity contribution >= 4 is 24.0 Å². The van der Waals surface area contributed by atoms with Gasteiger partial charge >= 0.3 is 0 Å².